The molecule has 0 saturated carbocycles. The highest BCUT2D eigenvalue weighted by molar-refractivity contribution is 7.18. The average molecular weight is 404 g/mol. The number of benzene rings is 1. The number of methoxy groups -OCH3 is 1. The van der Waals surface area contributed by atoms with Crippen molar-refractivity contribution in [2.45, 2.75) is 32.6 Å². The third-order valence-corrected chi connectivity index (χ3v) is 6.20. The van der Waals surface area contributed by atoms with Crippen molar-refractivity contribution >= 4 is 39.4 Å². The summed E-state index contributed by atoms with van der Waals surface area (Å²) in [6.45, 7) is 1.77. The Labute approximate surface area is 164 Å². The molecule has 0 aliphatic heterocycles. The van der Waals surface area contributed by atoms with Crippen LogP contribution in [0.15, 0.2) is 22.0 Å². The van der Waals surface area contributed by atoms with Gasteiger partial charge in [0.05, 0.1) is 23.7 Å². The number of aromatic nitrogens is 2. The van der Waals surface area contributed by atoms with E-state index in [4.69, 9.17) is 16.3 Å². The smallest absolute Gasteiger partial charge is 0.283 e. The molecule has 0 spiro atoms. The van der Waals surface area contributed by atoms with Crippen LogP contribution in [0, 0.1) is 6.92 Å². The van der Waals surface area contributed by atoms with Crippen molar-refractivity contribution in [1.82, 2.24) is 9.66 Å². The van der Waals surface area contributed by atoms with Crippen molar-refractivity contribution in [3.63, 3.8) is 0 Å². The molecule has 0 bridgehead atoms. The van der Waals surface area contributed by atoms with Gasteiger partial charge in [0.25, 0.3) is 5.56 Å². The molecule has 2 heterocycles. The lowest BCUT2D eigenvalue weighted by Crippen LogP contribution is -2.21. The van der Waals surface area contributed by atoms with Crippen LogP contribution in [0.3, 0.4) is 0 Å². The number of hydrogen-bond donors (Lipinski definition) is 1. The minimum atomic E-state index is -0.148. The van der Waals surface area contributed by atoms with Gasteiger partial charge in [0.15, 0.2) is 11.5 Å². The Morgan fingerprint density at radius 2 is 2.15 bits per heavy atom. The molecule has 140 valence electrons. The van der Waals surface area contributed by atoms with Gasteiger partial charge in [0.1, 0.15) is 10.7 Å². The number of thiophene rings is 1. The summed E-state index contributed by atoms with van der Waals surface area (Å²) in [5.74, 6) is 0.644. The van der Waals surface area contributed by atoms with Gasteiger partial charge >= 0.3 is 0 Å². The second-order valence-corrected chi connectivity index (χ2v) is 7.96. The van der Waals surface area contributed by atoms with Crippen molar-refractivity contribution in [2.75, 3.05) is 7.11 Å². The predicted molar refractivity (Wildman–Crippen MR) is 108 cm³/mol. The fourth-order valence-corrected chi connectivity index (χ4v) is 4.90. The van der Waals surface area contributed by atoms with Gasteiger partial charge in [0, 0.05) is 4.88 Å². The normalized spacial score (nSPS) is 14.0. The summed E-state index contributed by atoms with van der Waals surface area (Å²) in [6, 6.07) is 3.16. The summed E-state index contributed by atoms with van der Waals surface area (Å²) in [5.41, 5.74) is 1.59. The first-order chi connectivity index (χ1) is 13.0. The first-order valence-electron chi connectivity index (χ1n) is 8.64. The van der Waals surface area contributed by atoms with Crippen LogP contribution in [-0.2, 0) is 12.8 Å². The second kappa shape index (κ2) is 6.98. The molecular weight excluding hydrogens is 386 g/mol. The number of rotatable bonds is 3. The highest BCUT2D eigenvalue weighted by Crippen LogP contribution is 2.35. The van der Waals surface area contributed by atoms with Crippen LogP contribution >= 0.6 is 22.9 Å². The Morgan fingerprint density at radius 1 is 1.37 bits per heavy atom. The fourth-order valence-electron chi connectivity index (χ4n) is 3.38. The van der Waals surface area contributed by atoms with Crippen molar-refractivity contribution in [2.24, 2.45) is 5.10 Å². The van der Waals surface area contributed by atoms with E-state index in [9.17, 15) is 9.90 Å². The molecule has 3 aromatic rings. The number of phenols is 1. The molecule has 0 saturated heterocycles. The van der Waals surface area contributed by atoms with E-state index in [-0.39, 0.29) is 22.1 Å². The molecule has 8 heteroatoms. The summed E-state index contributed by atoms with van der Waals surface area (Å²) in [6.07, 6.45) is 5.71. The van der Waals surface area contributed by atoms with E-state index < -0.39 is 0 Å². The molecule has 1 aromatic carbocycles. The van der Waals surface area contributed by atoms with Crippen LogP contribution in [-0.4, -0.2) is 28.1 Å². The number of hydrogen-bond acceptors (Lipinski definition) is 6. The maximum Gasteiger partial charge on any atom is 0.283 e. The van der Waals surface area contributed by atoms with Gasteiger partial charge in [-0.3, -0.25) is 4.79 Å². The Kier molecular flexibility index (Phi) is 4.65. The minimum absolute atomic E-state index is 0.127. The zero-order valence-corrected chi connectivity index (χ0v) is 16.5. The Hall–Kier alpha value is -2.38. The van der Waals surface area contributed by atoms with Gasteiger partial charge < -0.3 is 9.84 Å². The number of aromatic hydroxyl groups is 1. The van der Waals surface area contributed by atoms with Crippen molar-refractivity contribution in [3.8, 4) is 11.5 Å². The van der Waals surface area contributed by atoms with Gasteiger partial charge in [0.2, 0.25) is 0 Å². The van der Waals surface area contributed by atoms with E-state index >= 15 is 0 Å². The average Bonchev–Trinajstić information content (AvgIpc) is 3.02. The molecule has 27 heavy (non-hydrogen) atoms. The van der Waals surface area contributed by atoms with Crippen LogP contribution in [0.4, 0.5) is 0 Å². The quantitative estimate of drug-likeness (QED) is 0.673. The maximum atomic E-state index is 13.1. The number of fused-ring (bicyclic) bond motifs is 3. The van der Waals surface area contributed by atoms with Crippen LogP contribution in [0.2, 0.25) is 5.02 Å². The van der Waals surface area contributed by atoms with E-state index in [1.54, 1.807) is 30.4 Å². The number of phenolic OH excluding ortho intramolecular Hbond substituents is 1. The number of ether oxygens (including phenoxy) is 1. The number of halogens is 1. The van der Waals surface area contributed by atoms with Crippen molar-refractivity contribution in [3.05, 3.63) is 49.3 Å². The Morgan fingerprint density at radius 3 is 2.93 bits per heavy atom. The van der Waals surface area contributed by atoms with Crippen LogP contribution in [0.5, 0.6) is 11.5 Å². The van der Waals surface area contributed by atoms with Crippen LogP contribution in [0.25, 0.3) is 10.2 Å². The van der Waals surface area contributed by atoms with Gasteiger partial charge in [-0.25, -0.2) is 4.98 Å². The highest BCUT2D eigenvalue weighted by atomic mass is 35.5. The van der Waals surface area contributed by atoms with E-state index in [1.165, 1.54) is 22.9 Å². The standard InChI is InChI=1S/C19H18ClN3O3S/c1-10-22-18-16(12-5-3-4-6-15(12)27-18)19(25)23(10)21-9-11-7-13(20)17(24)14(8-11)26-2/h7-9,24H,3-6H2,1-2H3/b21-9-. The van der Waals surface area contributed by atoms with Crippen molar-refractivity contribution in [1.29, 1.82) is 0 Å². The molecule has 1 N–H and O–H groups in total. The first kappa shape index (κ1) is 18.0. The van der Waals surface area contributed by atoms with Crippen molar-refractivity contribution < 1.29 is 9.84 Å². The molecule has 2 aromatic heterocycles. The predicted octanol–water partition coefficient (Wildman–Crippen LogP) is 3.90. The van der Waals surface area contributed by atoms with Gasteiger partial charge in [-0.05, 0) is 55.9 Å². The molecule has 0 amide bonds. The molecule has 4 rings (SSSR count). The Balaban J connectivity index is 1.81. The van der Waals surface area contributed by atoms with Crippen LogP contribution < -0.4 is 10.3 Å². The molecule has 0 atom stereocenters. The molecule has 6 nitrogen and oxygen atoms in total. The summed E-state index contributed by atoms with van der Waals surface area (Å²) in [5, 5.41) is 15.0. The maximum absolute atomic E-state index is 13.1. The van der Waals surface area contributed by atoms with Crippen LogP contribution in [0.1, 0.15) is 34.7 Å². The zero-order valence-electron chi connectivity index (χ0n) is 15.0. The molecule has 0 fully saturated rings. The lowest BCUT2D eigenvalue weighted by molar-refractivity contribution is 0.373. The molecule has 0 radical (unpaired) electrons. The lowest BCUT2D eigenvalue weighted by atomic mass is 9.97. The van der Waals surface area contributed by atoms with Gasteiger partial charge in [-0.2, -0.15) is 9.78 Å². The second-order valence-electron chi connectivity index (χ2n) is 6.47. The van der Waals surface area contributed by atoms with E-state index in [2.05, 4.69) is 10.1 Å². The number of aryl methyl sites for hydroxylation is 3. The third kappa shape index (κ3) is 3.11. The molecule has 1 aliphatic rings. The summed E-state index contributed by atoms with van der Waals surface area (Å²) < 4.78 is 6.42. The van der Waals surface area contributed by atoms with Gasteiger partial charge in [-0.1, -0.05) is 11.6 Å². The van der Waals surface area contributed by atoms with E-state index in [0.717, 1.165) is 36.1 Å². The Bertz CT molecular complexity index is 1130. The zero-order chi connectivity index (χ0) is 19.1. The summed E-state index contributed by atoms with van der Waals surface area (Å²) >= 11 is 7.64. The largest absolute Gasteiger partial charge is 0.503 e. The lowest BCUT2D eigenvalue weighted by Gasteiger charge is -2.10. The minimum Gasteiger partial charge on any atom is -0.503 e. The molecular formula is C19H18ClN3O3S. The topological polar surface area (TPSA) is 76.7 Å². The molecule has 1 aliphatic carbocycles. The summed E-state index contributed by atoms with van der Waals surface area (Å²) in [7, 11) is 1.44. The first-order valence-corrected chi connectivity index (χ1v) is 9.83. The van der Waals surface area contributed by atoms with Gasteiger partial charge in [-0.15, -0.1) is 11.3 Å². The fraction of sp³-hybridized carbons (Fsp3) is 0.316. The third-order valence-electron chi connectivity index (χ3n) is 4.72. The monoisotopic (exact) mass is 403 g/mol. The highest BCUT2D eigenvalue weighted by Gasteiger charge is 2.21. The molecule has 0 unspecified atom stereocenters. The van der Waals surface area contributed by atoms with E-state index in [1.807, 2.05) is 0 Å². The SMILES string of the molecule is COc1cc(/C=N\n2c(C)nc3sc4c(c3c2=O)CCCC4)cc(Cl)c1O. The van der Waals surface area contributed by atoms with E-state index in [0.29, 0.717) is 16.8 Å². The number of nitrogens with zero attached hydrogens (tertiary/aromatic N) is 3. The summed E-state index contributed by atoms with van der Waals surface area (Å²) in [4.78, 5) is 19.7.